The molecule has 0 bridgehead atoms. The average molecular weight is 305 g/mol. The fraction of sp³-hybridized carbons (Fsp3) is 0.400. The first-order valence-electron chi connectivity index (χ1n) is 6.77. The lowest BCUT2D eigenvalue weighted by atomic mass is 9.97. The number of para-hydroxylation sites is 1. The van der Waals surface area contributed by atoms with E-state index in [1.807, 2.05) is 51.1 Å². The fourth-order valence-electron chi connectivity index (χ4n) is 1.55. The number of hydrogen-bond acceptors (Lipinski definition) is 5. The number of carbonyl (C=O) groups is 1. The van der Waals surface area contributed by atoms with Crippen molar-refractivity contribution in [3.8, 4) is 0 Å². The Hall–Kier alpha value is -1.82. The van der Waals surface area contributed by atoms with Gasteiger partial charge in [-0.15, -0.1) is 10.2 Å². The lowest BCUT2D eigenvalue weighted by molar-refractivity contribution is -0.115. The summed E-state index contributed by atoms with van der Waals surface area (Å²) in [6.45, 7) is 6.05. The van der Waals surface area contributed by atoms with Crippen molar-refractivity contribution >= 4 is 23.4 Å². The topological polar surface area (TPSA) is 68.0 Å². The van der Waals surface area contributed by atoms with E-state index in [-0.39, 0.29) is 11.3 Å². The standard InChI is InChI=1S/C15H19N3O2S/c1-15(2,3)13-17-18-14(20-13)21-10-9-12(19)16-11-7-5-4-6-8-11/h4-8H,9-10H2,1-3H3,(H,16,19). The Kier molecular flexibility index (Phi) is 5.01. The van der Waals surface area contributed by atoms with Crippen LogP contribution in [0.25, 0.3) is 0 Å². The van der Waals surface area contributed by atoms with Gasteiger partial charge in [0.15, 0.2) is 0 Å². The molecule has 1 aromatic heterocycles. The third kappa shape index (κ3) is 4.90. The largest absolute Gasteiger partial charge is 0.415 e. The van der Waals surface area contributed by atoms with E-state index in [1.165, 1.54) is 11.8 Å². The van der Waals surface area contributed by atoms with E-state index in [2.05, 4.69) is 15.5 Å². The second-order valence-electron chi connectivity index (χ2n) is 5.64. The molecule has 6 heteroatoms. The third-order valence-electron chi connectivity index (χ3n) is 2.66. The van der Waals surface area contributed by atoms with E-state index < -0.39 is 0 Å². The lowest BCUT2D eigenvalue weighted by Gasteiger charge is -2.10. The number of aromatic nitrogens is 2. The van der Waals surface area contributed by atoms with Gasteiger partial charge in [-0.1, -0.05) is 50.7 Å². The predicted molar refractivity (Wildman–Crippen MR) is 83.4 cm³/mol. The van der Waals surface area contributed by atoms with Crippen LogP contribution in [0.4, 0.5) is 5.69 Å². The Morgan fingerprint density at radius 3 is 2.57 bits per heavy atom. The number of amides is 1. The van der Waals surface area contributed by atoms with Crippen molar-refractivity contribution in [1.29, 1.82) is 0 Å². The summed E-state index contributed by atoms with van der Waals surface area (Å²) in [6, 6.07) is 9.40. The molecule has 2 aromatic rings. The highest BCUT2D eigenvalue weighted by molar-refractivity contribution is 7.99. The quantitative estimate of drug-likeness (QED) is 0.856. The van der Waals surface area contributed by atoms with Crippen molar-refractivity contribution in [2.75, 3.05) is 11.1 Å². The summed E-state index contributed by atoms with van der Waals surface area (Å²) >= 11 is 1.40. The first-order valence-corrected chi connectivity index (χ1v) is 7.75. The predicted octanol–water partition coefficient (Wildman–Crippen LogP) is 3.49. The minimum Gasteiger partial charge on any atom is -0.415 e. The molecule has 5 nitrogen and oxygen atoms in total. The summed E-state index contributed by atoms with van der Waals surface area (Å²) < 4.78 is 5.56. The van der Waals surface area contributed by atoms with Crippen LogP contribution in [0.15, 0.2) is 40.0 Å². The molecule has 21 heavy (non-hydrogen) atoms. The van der Waals surface area contributed by atoms with Gasteiger partial charge >= 0.3 is 0 Å². The van der Waals surface area contributed by atoms with Crippen LogP contribution in [0, 0.1) is 0 Å². The molecule has 0 spiro atoms. The van der Waals surface area contributed by atoms with E-state index >= 15 is 0 Å². The molecule has 0 atom stereocenters. The maximum atomic E-state index is 11.8. The Labute approximate surface area is 128 Å². The van der Waals surface area contributed by atoms with Crippen molar-refractivity contribution in [1.82, 2.24) is 10.2 Å². The van der Waals surface area contributed by atoms with Crippen LogP contribution >= 0.6 is 11.8 Å². The molecular formula is C15H19N3O2S. The van der Waals surface area contributed by atoms with Gasteiger partial charge in [0.25, 0.3) is 5.22 Å². The summed E-state index contributed by atoms with van der Waals surface area (Å²) in [6.07, 6.45) is 0.396. The molecule has 0 saturated heterocycles. The number of benzene rings is 1. The van der Waals surface area contributed by atoms with Gasteiger partial charge in [0.2, 0.25) is 11.8 Å². The molecule has 1 heterocycles. The molecule has 0 aliphatic rings. The number of nitrogens with zero attached hydrogens (tertiary/aromatic N) is 2. The molecule has 1 N–H and O–H groups in total. The van der Waals surface area contributed by atoms with E-state index in [0.29, 0.717) is 23.3 Å². The number of rotatable bonds is 5. The average Bonchev–Trinajstić information content (AvgIpc) is 2.88. The maximum Gasteiger partial charge on any atom is 0.276 e. The van der Waals surface area contributed by atoms with Crippen LogP contribution in [-0.4, -0.2) is 21.9 Å². The summed E-state index contributed by atoms with van der Waals surface area (Å²) in [4.78, 5) is 11.8. The molecular weight excluding hydrogens is 286 g/mol. The molecule has 0 radical (unpaired) electrons. The van der Waals surface area contributed by atoms with Gasteiger partial charge < -0.3 is 9.73 Å². The monoisotopic (exact) mass is 305 g/mol. The van der Waals surface area contributed by atoms with Crippen LogP contribution in [0.2, 0.25) is 0 Å². The molecule has 0 aliphatic heterocycles. The molecule has 1 amide bonds. The second kappa shape index (κ2) is 6.76. The van der Waals surface area contributed by atoms with E-state index in [0.717, 1.165) is 5.69 Å². The SMILES string of the molecule is CC(C)(C)c1nnc(SCCC(=O)Nc2ccccc2)o1. The highest BCUT2D eigenvalue weighted by Gasteiger charge is 2.21. The van der Waals surface area contributed by atoms with Crippen molar-refractivity contribution < 1.29 is 9.21 Å². The molecule has 0 saturated carbocycles. The lowest BCUT2D eigenvalue weighted by Crippen LogP contribution is -2.12. The molecule has 0 fully saturated rings. The van der Waals surface area contributed by atoms with Gasteiger partial charge in [-0.3, -0.25) is 4.79 Å². The second-order valence-corrected chi connectivity index (χ2v) is 6.68. The van der Waals surface area contributed by atoms with Crippen molar-refractivity contribution in [2.24, 2.45) is 0 Å². The summed E-state index contributed by atoms with van der Waals surface area (Å²) in [5.41, 5.74) is 0.650. The van der Waals surface area contributed by atoms with Gasteiger partial charge in [0.05, 0.1) is 0 Å². The molecule has 0 unspecified atom stereocenters. The molecule has 112 valence electrons. The minimum absolute atomic E-state index is 0.0238. The number of nitrogens with one attached hydrogen (secondary N) is 1. The Bertz CT molecular complexity index is 590. The van der Waals surface area contributed by atoms with Crippen molar-refractivity contribution in [2.45, 2.75) is 37.8 Å². The number of hydrogen-bond donors (Lipinski definition) is 1. The zero-order valence-corrected chi connectivity index (χ0v) is 13.2. The first-order chi connectivity index (χ1) is 9.95. The van der Waals surface area contributed by atoms with Crippen LogP contribution in [-0.2, 0) is 10.2 Å². The van der Waals surface area contributed by atoms with E-state index in [1.54, 1.807) is 0 Å². The van der Waals surface area contributed by atoms with Gasteiger partial charge in [0, 0.05) is 23.3 Å². The zero-order chi connectivity index (χ0) is 15.3. The smallest absolute Gasteiger partial charge is 0.276 e. The Balaban J connectivity index is 1.77. The van der Waals surface area contributed by atoms with Crippen LogP contribution < -0.4 is 5.32 Å². The number of thioether (sulfide) groups is 1. The van der Waals surface area contributed by atoms with Crippen LogP contribution in [0.3, 0.4) is 0 Å². The number of anilines is 1. The summed E-state index contributed by atoms with van der Waals surface area (Å²) in [5.74, 6) is 1.19. The third-order valence-corrected chi connectivity index (χ3v) is 3.48. The van der Waals surface area contributed by atoms with Gasteiger partial charge in [-0.05, 0) is 12.1 Å². The highest BCUT2D eigenvalue weighted by Crippen LogP contribution is 2.24. The molecule has 0 aliphatic carbocycles. The normalized spacial score (nSPS) is 11.4. The summed E-state index contributed by atoms with van der Waals surface area (Å²) in [7, 11) is 0. The van der Waals surface area contributed by atoms with Gasteiger partial charge in [-0.25, -0.2) is 0 Å². The van der Waals surface area contributed by atoms with E-state index in [9.17, 15) is 4.79 Å². The molecule has 2 rings (SSSR count). The van der Waals surface area contributed by atoms with Gasteiger partial charge in [-0.2, -0.15) is 0 Å². The van der Waals surface area contributed by atoms with Crippen molar-refractivity contribution in [3.63, 3.8) is 0 Å². The highest BCUT2D eigenvalue weighted by atomic mass is 32.2. The summed E-state index contributed by atoms with van der Waals surface area (Å²) in [5, 5.41) is 11.3. The van der Waals surface area contributed by atoms with E-state index in [4.69, 9.17) is 4.42 Å². The Morgan fingerprint density at radius 1 is 1.24 bits per heavy atom. The van der Waals surface area contributed by atoms with Gasteiger partial charge in [0.1, 0.15) is 0 Å². The fourth-order valence-corrected chi connectivity index (χ4v) is 2.25. The van der Waals surface area contributed by atoms with Crippen LogP contribution in [0.1, 0.15) is 33.1 Å². The Morgan fingerprint density at radius 2 is 1.95 bits per heavy atom. The van der Waals surface area contributed by atoms with Crippen LogP contribution in [0.5, 0.6) is 0 Å². The zero-order valence-electron chi connectivity index (χ0n) is 12.4. The molecule has 1 aromatic carbocycles. The van der Waals surface area contributed by atoms with Crippen molar-refractivity contribution in [3.05, 3.63) is 36.2 Å². The maximum absolute atomic E-state index is 11.8. The number of carbonyl (C=O) groups excluding carboxylic acids is 1. The first kappa shape index (κ1) is 15.6. The minimum atomic E-state index is -0.156.